The van der Waals surface area contributed by atoms with E-state index in [-0.39, 0.29) is 18.1 Å². The average molecular weight is 366 g/mol. The number of nitrogens with zero attached hydrogens (tertiary/aromatic N) is 3. The van der Waals surface area contributed by atoms with Crippen molar-refractivity contribution in [1.82, 2.24) is 14.8 Å². The van der Waals surface area contributed by atoms with Gasteiger partial charge in [-0.05, 0) is 26.0 Å². The number of nitrogens with two attached hydrogens (primary N) is 1. The number of primary amides is 1. The molecule has 1 aromatic carbocycles. The van der Waals surface area contributed by atoms with Crippen molar-refractivity contribution >= 4 is 5.91 Å². The molecule has 2 rings (SSSR count). The first-order valence-electron chi connectivity index (χ1n) is 7.58. The standard InChI is InChI=1S/C17H17F3N4O2/c1-16(2,26)7-6-11-4-3-5-12(8-11)15-22-14(9-13(21)25)23-24(15)10-17(18,19)20/h3-5,8,26H,9-10H2,1-2H3,(H2,21,25). The Bertz CT molecular complexity index is 871. The first-order valence-corrected chi connectivity index (χ1v) is 7.58. The molecule has 0 aliphatic carbocycles. The largest absolute Gasteiger partial charge is 0.408 e. The summed E-state index contributed by atoms with van der Waals surface area (Å²) in [6, 6.07) is 6.34. The van der Waals surface area contributed by atoms with Crippen molar-refractivity contribution in [3.8, 4) is 23.2 Å². The summed E-state index contributed by atoms with van der Waals surface area (Å²) in [5.74, 6) is 4.48. The number of aromatic nitrogens is 3. The van der Waals surface area contributed by atoms with Gasteiger partial charge in [-0.15, -0.1) is 0 Å². The number of alkyl halides is 3. The SMILES string of the molecule is CC(C)(O)C#Cc1cccc(-c2nc(CC(N)=O)nn2CC(F)(F)F)c1. The Balaban J connectivity index is 2.47. The second-order valence-electron chi connectivity index (χ2n) is 6.16. The van der Waals surface area contributed by atoms with Gasteiger partial charge in [0.05, 0.1) is 6.42 Å². The lowest BCUT2D eigenvalue weighted by atomic mass is 10.1. The molecule has 0 bridgehead atoms. The minimum absolute atomic E-state index is 0.0505. The summed E-state index contributed by atoms with van der Waals surface area (Å²) in [6.07, 6.45) is -4.87. The molecule has 1 aromatic heterocycles. The average Bonchev–Trinajstić information content (AvgIpc) is 2.84. The van der Waals surface area contributed by atoms with Gasteiger partial charge in [-0.3, -0.25) is 4.79 Å². The van der Waals surface area contributed by atoms with E-state index < -0.39 is 24.2 Å². The third-order valence-electron chi connectivity index (χ3n) is 3.01. The van der Waals surface area contributed by atoms with Crippen LogP contribution in [0.15, 0.2) is 24.3 Å². The van der Waals surface area contributed by atoms with Crippen LogP contribution in [0.1, 0.15) is 25.2 Å². The van der Waals surface area contributed by atoms with Gasteiger partial charge < -0.3 is 10.8 Å². The van der Waals surface area contributed by atoms with Crippen LogP contribution in [0, 0.1) is 11.8 Å². The number of halogens is 3. The van der Waals surface area contributed by atoms with Crippen molar-refractivity contribution in [2.45, 2.75) is 38.6 Å². The molecule has 2 aromatic rings. The van der Waals surface area contributed by atoms with Crippen molar-refractivity contribution in [1.29, 1.82) is 0 Å². The van der Waals surface area contributed by atoms with E-state index in [4.69, 9.17) is 5.73 Å². The molecule has 26 heavy (non-hydrogen) atoms. The lowest BCUT2D eigenvalue weighted by Gasteiger charge is -2.09. The Morgan fingerprint density at radius 3 is 2.62 bits per heavy atom. The maximum absolute atomic E-state index is 12.8. The molecule has 0 saturated carbocycles. The molecule has 0 spiro atoms. The fourth-order valence-electron chi connectivity index (χ4n) is 2.07. The Morgan fingerprint density at radius 1 is 1.35 bits per heavy atom. The molecule has 0 aliphatic rings. The number of hydrogen-bond donors (Lipinski definition) is 2. The minimum atomic E-state index is -4.51. The van der Waals surface area contributed by atoms with Crippen molar-refractivity contribution < 1.29 is 23.1 Å². The summed E-state index contributed by atoms with van der Waals surface area (Å²) in [4.78, 5) is 15.0. The van der Waals surface area contributed by atoms with E-state index in [2.05, 4.69) is 21.9 Å². The van der Waals surface area contributed by atoms with E-state index in [1.807, 2.05) is 0 Å². The second-order valence-corrected chi connectivity index (χ2v) is 6.16. The van der Waals surface area contributed by atoms with Crippen LogP contribution < -0.4 is 5.73 Å². The molecule has 9 heteroatoms. The van der Waals surface area contributed by atoms with Crippen LogP contribution in [0.4, 0.5) is 13.2 Å². The third-order valence-corrected chi connectivity index (χ3v) is 3.01. The first-order chi connectivity index (χ1) is 11.9. The zero-order chi connectivity index (χ0) is 19.5. The molecule has 6 nitrogen and oxygen atoms in total. The Kier molecular flexibility index (Phi) is 5.37. The van der Waals surface area contributed by atoms with Crippen LogP contribution in [0.25, 0.3) is 11.4 Å². The van der Waals surface area contributed by atoms with Crippen LogP contribution in [-0.2, 0) is 17.8 Å². The summed E-state index contributed by atoms with van der Waals surface area (Å²) in [7, 11) is 0. The normalized spacial score (nSPS) is 11.8. The van der Waals surface area contributed by atoms with E-state index >= 15 is 0 Å². The predicted molar refractivity (Wildman–Crippen MR) is 87.6 cm³/mol. The zero-order valence-corrected chi connectivity index (χ0v) is 14.1. The fourth-order valence-corrected chi connectivity index (χ4v) is 2.07. The van der Waals surface area contributed by atoms with E-state index in [0.717, 1.165) is 0 Å². The molecule has 0 saturated heterocycles. The number of carbonyl (C=O) groups is 1. The number of hydrogen-bond acceptors (Lipinski definition) is 4. The number of benzene rings is 1. The highest BCUT2D eigenvalue weighted by Gasteiger charge is 2.30. The fraction of sp³-hybridized carbons (Fsp3) is 0.353. The highest BCUT2D eigenvalue weighted by Crippen LogP contribution is 2.24. The lowest BCUT2D eigenvalue weighted by molar-refractivity contribution is -0.142. The number of rotatable bonds is 4. The number of aliphatic hydroxyl groups is 1. The van der Waals surface area contributed by atoms with E-state index in [1.54, 1.807) is 18.2 Å². The van der Waals surface area contributed by atoms with Crippen LogP contribution >= 0.6 is 0 Å². The highest BCUT2D eigenvalue weighted by molar-refractivity contribution is 5.75. The Hall–Kier alpha value is -2.86. The van der Waals surface area contributed by atoms with Crippen molar-refractivity contribution in [3.05, 3.63) is 35.7 Å². The van der Waals surface area contributed by atoms with Gasteiger partial charge in [0.2, 0.25) is 5.91 Å². The minimum Gasteiger partial charge on any atom is -0.378 e. The smallest absolute Gasteiger partial charge is 0.378 e. The Morgan fingerprint density at radius 2 is 2.04 bits per heavy atom. The summed E-state index contributed by atoms with van der Waals surface area (Å²) in [5, 5.41) is 13.4. The predicted octanol–water partition coefficient (Wildman–Crippen LogP) is 1.66. The molecule has 0 radical (unpaired) electrons. The van der Waals surface area contributed by atoms with Gasteiger partial charge in [-0.2, -0.15) is 18.3 Å². The maximum atomic E-state index is 12.8. The van der Waals surface area contributed by atoms with Crippen molar-refractivity contribution in [2.24, 2.45) is 5.73 Å². The van der Waals surface area contributed by atoms with Crippen LogP contribution in [-0.4, -0.2) is 37.6 Å². The quantitative estimate of drug-likeness (QED) is 0.805. The molecule has 0 aliphatic heterocycles. The van der Waals surface area contributed by atoms with Gasteiger partial charge in [0.15, 0.2) is 11.6 Å². The zero-order valence-electron chi connectivity index (χ0n) is 14.1. The van der Waals surface area contributed by atoms with Gasteiger partial charge in [0, 0.05) is 11.1 Å². The van der Waals surface area contributed by atoms with E-state index in [1.165, 1.54) is 19.9 Å². The Labute approximate surface area is 147 Å². The van der Waals surface area contributed by atoms with Crippen molar-refractivity contribution in [2.75, 3.05) is 0 Å². The molecule has 1 amide bonds. The summed E-state index contributed by atoms with van der Waals surface area (Å²) >= 11 is 0. The van der Waals surface area contributed by atoms with Crippen LogP contribution in [0.2, 0.25) is 0 Å². The van der Waals surface area contributed by atoms with Gasteiger partial charge in [-0.25, -0.2) is 9.67 Å². The number of carbonyl (C=O) groups excluding carboxylic acids is 1. The molecular weight excluding hydrogens is 349 g/mol. The topological polar surface area (TPSA) is 94.0 Å². The van der Waals surface area contributed by atoms with E-state index in [0.29, 0.717) is 15.8 Å². The lowest BCUT2D eigenvalue weighted by Crippen LogP contribution is -2.20. The third kappa shape index (κ3) is 5.89. The van der Waals surface area contributed by atoms with Crippen LogP contribution in [0.3, 0.4) is 0 Å². The van der Waals surface area contributed by atoms with Gasteiger partial charge in [0.25, 0.3) is 0 Å². The molecule has 0 unspecified atom stereocenters. The first kappa shape index (κ1) is 19.5. The molecule has 1 heterocycles. The highest BCUT2D eigenvalue weighted by atomic mass is 19.4. The van der Waals surface area contributed by atoms with Gasteiger partial charge in [-0.1, -0.05) is 24.0 Å². The maximum Gasteiger partial charge on any atom is 0.408 e. The molecule has 0 atom stereocenters. The summed E-state index contributed by atoms with van der Waals surface area (Å²) in [5.41, 5.74) is 4.69. The van der Waals surface area contributed by atoms with Gasteiger partial charge >= 0.3 is 6.18 Å². The summed E-state index contributed by atoms with van der Waals surface area (Å²) < 4.78 is 39.1. The second kappa shape index (κ2) is 7.17. The monoisotopic (exact) mass is 366 g/mol. The summed E-state index contributed by atoms with van der Waals surface area (Å²) in [6.45, 7) is 1.67. The molecular formula is C17H17F3N4O2. The molecule has 138 valence electrons. The van der Waals surface area contributed by atoms with E-state index in [9.17, 15) is 23.1 Å². The number of amides is 1. The molecule has 3 N–H and O–H groups in total. The van der Waals surface area contributed by atoms with Crippen LogP contribution in [0.5, 0.6) is 0 Å². The van der Waals surface area contributed by atoms with Gasteiger partial charge in [0.1, 0.15) is 12.1 Å². The molecule has 0 fully saturated rings. The van der Waals surface area contributed by atoms with Crippen molar-refractivity contribution in [3.63, 3.8) is 0 Å².